The number of hydrogen-bond acceptors (Lipinski definition) is 2. The molecule has 0 heterocycles. The molecule has 1 atom stereocenters. The summed E-state index contributed by atoms with van der Waals surface area (Å²) in [5, 5.41) is 0. The normalized spacial score (nSPS) is 13.3. The second-order valence-corrected chi connectivity index (χ2v) is 6.74. The fourth-order valence-electron chi connectivity index (χ4n) is 2.17. The van der Waals surface area contributed by atoms with Gasteiger partial charge in [-0.05, 0) is 31.1 Å². The van der Waals surface area contributed by atoms with Crippen molar-refractivity contribution in [3.05, 3.63) is 0 Å². The highest BCUT2D eigenvalue weighted by molar-refractivity contribution is 5.69. The van der Waals surface area contributed by atoms with Gasteiger partial charge >= 0.3 is 5.97 Å². The number of carbonyl (C=O) groups is 1. The zero-order chi connectivity index (χ0) is 14.7. The van der Waals surface area contributed by atoms with Gasteiger partial charge in [0.1, 0.15) is 6.10 Å². The van der Waals surface area contributed by atoms with Crippen molar-refractivity contribution in [3.63, 3.8) is 0 Å². The fraction of sp³-hybridized carbons (Fsp3) is 0.941. The first kappa shape index (κ1) is 18.5. The minimum atomic E-state index is -0.0583. The third kappa shape index (κ3) is 12.3. The molecule has 0 spiro atoms. The van der Waals surface area contributed by atoms with Gasteiger partial charge in [0.15, 0.2) is 0 Å². The van der Waals surface area contributed by atoms with Crippen LogP contribution in [0.3, 0.4) is 0 Å². The van der Waals surface area contributed by atoms with Gasteiger partial charge in [-0.25, -0.2) is 0 Å². The van der Waals surface area contributed by atoms with E-state index in [2.05, 4.69) is 27.7 Å². The molecule has 2 nitrogen and oxygen atoms in total. The van der Waals surface area contributed by atoms with Gasteiger partial charge in [-0.1, -0.05) is 60.3 Å². The van der Waals surface area contributed by atoms with Crippen molar-refractivity contribution in [2.45, 2.75) is 98.5 Å². The number of unbranched alkanes of at least 4 members (excludes halogenated alkanes) is 4. The van der Waals surface area contributed by atoms with Crippen LogP contribution < -0.4 is 0 Å². The molecular weight excluding hydrogens is 236 g/mol. The molecule has 0 aromatic carbocycles. The van der Waals surface area contributed by atoms with Crippen molar-refractivity contribution >= 4 is 5.97 Å². The highest BCUT2D eigenvalue weighted by atomic mass is 16.5. The van der Waals surface area contributed by atoms with E-state index >= 15 is 0 Å². The highest BCUT2D eigenvalue weighted by Gasteiger charge is 2.11. The van der Waals surface area contributed by atoms with E-state index in [-0.39, 0.29) is 12.1 Å². The zero-order valence-corrected chi connectivity index (χ0v) is 13.8. The Morgan fingerprint density at radius 1 is 1.00 bits per heavy atom. The van der Waals surface area contributed by atoms with Gasteiger partial charge in [-0.15, -0.1) is 0 Å². The van der Waals surface area contributed by atoms with Crippen LogP contribution in [0.5, 0.6) is 0 Å². The summed E-state index contributed by atoms with van der Waals surface area (Å²) >= 11 is 0. The van der Waals surface area contributed by atoms with Crippen molar-refractivity contribution in [2.75, 3.05) is 0 Å². The Labute approximate surface area is 120 Å². The Balaban J connectivity index is 3.49. The van der Waals surface area contributed by atoms with E-state index in [0.29, 0.717) is 11.8 Å². The number of esters is 1. The van der Waals surface area contributed by atoms with E-state index in [9.17, 15) is 4.79 Å². The molecule has 0 aliphatic carbocycles. The first-order valence-electron chi connectivity index (χ1n) is 8.08. The quantitative estimate of drug-likeness (QED) is 0.387. The van der Waals surface area contributed by atoms with Crippen molar-refractivity contribution in [1.29, 1.82) is 0 Å². The van der Waals surface area contributed by atoms with Crippen LogP contribution in [0, 0.1) is 5.41 Å². The van der Waals surface area contributed by atoms with Gasteiger partial charge in [0.2, 0.25) is 0 Å². The summed E-state index contributed by atoms with van der Waals surface area (Å²) in [5.74, 6) is -0.0583. The SMILES string of the molecule is CCC(=O)OC(CC)CCCCCCCC(C)(C)C. The van der Waals surface area contributed by atoms with Crippen molar-refractivity contribution in [3.8, 4) is 0 Å². The molecule has 0 amide bonds. The van der Waals surface area contributed by atoms with Crippen LogP contribution in [-0.2, 0) is 9.53 Å². The lowest BCUT2D eigenvalue weighted by Crippen LogP contribution is -2.16. The van der Waals surface area contributed by atoms with Crippen molar-refractivity contribution < 1.29 is 9.53 Å². The molecule has 0 saturated carbocycles. The fourth-order valence-corrected chi connectivity index (χ4v) is 2.17. The maximum atomic E-state index is 11.2. The van der Waals surface area contributed by atoms with Crippen LogP contribution in [0.25, 0.3) is 0 Å². The molecule has 0 radical (unpaired) electrons. The van der Waals surface area contributed by atoms with Gasteiger partial charge in [0.25, 0.3) is 0 Å². The Bertz CT molecular complexity index is 228. The summed E-state index contributed by atoms with van der Waals surface area (Å²) < 4.78 is 5.38. The van der Waals surface area contributed by atoms with E-state index in [0.717, 1.165) is 12.8 Å². The monoisotopic (exact) mass is 270 g/mol. The third-order valence-electron chi connectivity index (χ3n) is 3.50. The molecule has 0 aromatic rings. The second kappa shape index (κ2) is 10.3. The smallest absolute Gasteiger partial charge is 0.305 e. The molecular formula is C17H34O2. The molecule has 19 heavy (non-hydrogen) atoms. The van der Waals surface area contributed by atoms with Gasteiger partial charge in [-0.2, -0.15) is 0 Å². The lowest BCUT2D eigenvalue weighted by atomic mass is 9.89. The zero-order valence-electron chi connectivity index (χ0n) is 13.8. The maximum Gasteiger partial charge on any atom is 0.305 e. The van der Waals surface area contributed by atoms with E-state index in [1.807, 2.05) is 6.92 Å². The van der Waals surface area contributed by atoms with Gasteiger partial charge < -0.3 is 4.74 Å². The predicted octanol–water partition coefficient (Wildman–Crippen LogP) is 5.50. The van der Waals surface area contributed by atoms with E-state index in [1.54, 1.807) is 0 Å². The lowest BCUT2D eigenvalue weighted by Gasteiger charge is -2.17. The minimum Gasteiger partial charge on any atom is -0.462 e. The Morgan fingerprint density at radius 2 is 1.58 bits per heavy atom. The molecule has 0 N–H and O–H groups in total. The topological polar surface area (TPSA) is 26.3 Å². The molecule has 114 valence electrons. The molecule has 0 saturated heterocycles. The summed E-state index contributed by atoms with van der Waals surface area (Å²) in [6, 6.07) is 0. The average Bonchev–Trinajstić information content (AvgIpc) is 2.34. The van der Waals surface area contributed by atoms with Gasteiger partial charge in [0.05, 0.1) is 0 Å². The molecule has 0 bridgehead atoms. The molecule has 0 aliphatic rings. The van der Waals surface area contributed by atoms with Crippen LogP contribution >= 0.6 is 0 Å². The number of hydrogen-bond donors (Lipinski definition) is 0. The lowest BCUT2D eigenvalue weighted by molar-refractivity contribution is -0.149. The molecule has 2 heteroatoms. The standard InChI is InChI=1S/C17H34O2/c1-6-15(19-16(18)7-2)13-11-9-8-10-12-14-17(3,4)5/h15H,6-14H2,1-5H3. The maximum absolute atomic E-state index is 11.2. The first-order chi connectivity index (χ1) is 8.89. The molecule has 0 fully saturated rings. The molecule has 0 rings (SSSR count). The van der Waals surface area contributed by atoms with E-state index in [1.165, 1.54) is 38.5 Å². The molecule has 0 aliphatic heterocycles. The van der Waals surface area contributed by atoms with Crippen LogP contribution in [-0.4, -0.2) is 12.1 Å². The van der Waals surface area contributed by atoms with Crippen molar-refractivity contribution in [1.82, 2.24) is 0 Å². The Kier molecular flexibility index (Phi) is 9.99. The van der Waals surface area contributed by atoms with Crippen LogP contribution in [0.1, 0.15) is 92.4 Å². The van der Waals surface area contributed by atoms with E-state index < -0.39 is 0 Å². The Hall–Kier alpha value is -0.530. The number of ether oxygens (including phenoxy) is 1. The largest absolute Gasteiger partial charge is 0.462 e. The van der Waals surface area contributed by atoms with Gasteiger partial charge in [-0.3, -0.25) is 4.79 Å². The van der Waals surface area contributed by atoms with E-state index in [4.69, 9.17) is 4.74 Å². The minimum absolute atomic E-state index is 0.0583. The summed E-state index contributed by atoms with van der Waals surface area (Å²) in [7, 11) is 0. The van der Waals surface area contributed by atoms with Gasteiger partial charge in [0, 0.05) is 6.42 Å². The van der Waals surface area contributed by atoms with Crippen LogP contribution in [0.15, 0.2) is 0 Å². The average molecular weight is 270 g/mol. The third-order valence-corrected chi connectivity index (χ3v) is 3.50. The number of carbonyl (C=O) groups excluding carboxylic acids is 1. The molecule has 1 unspecified atom stereocenters. The first-order valence-corrected chi connectivity index (χ1v) is 8.08. The van der Waals surface area contributed by atoms with Crippen LogP contribution in [0.4, 0.5) is 0 Å². The summed E-state index contributed by atoms with van der Waals surface area (Å²) in [5.41, 5.74) is 0.474. The predicted molar refractivity (Wildman–Crippen MR) is 82.2 cm³/mol. The van der Waals surface area contributed by atoms with Crippen LogP contribution in [0.2, 0.25) is 0 Å². The summed E-state index contributed by atoms with van der Waals surface area (Å²) in [6.45, 7) is 10.9. The van der Waals surface area contributed by atoms with Crippen molar-refractivity contribution in [2.24, 2.45) is 5.41 Å². The second-order valence-electron chi connectivity index (χ2n) is 6.74. The Morgan fingerprint density at radius 3 is 2.11 bits per heavy atom. The highest BCUT2D eigenvalue weighted by Crippen LogP contribution is 2.22. The summed E-state index contributed by atoms with van der Waals surface area (Å²) in [4.78, 5) is 11.2. The number of rotatable bonds is 10. The molecule has 0 aromatic heterocycles. The summed E-state index contributed by atoms with van der Waals surface area (Å²) in [6.07, 6.45) is 10.4.